The number of ether oxygens (including phenoxy) is 1. The second-order valence-electron chi connectivity index (χ2n) is 8.28. The average molecular weight is 394 g/mol. The number of rotatable bonds is 5. The van der Waals surface area contributed by atoms with E-state index in [9.17, 15) is 4.39 Å². The van der Waals surface area contributed by atoms with Crippen LogP contribution in [0.2, 0.25) is 0 Å². The Balaban J connectivity index is 1.62. The largest absolute Gasteiger partial charge is 0.375 e. The predicted molar refractivity (Wildman–Crippen MR) is 114 cm³/mol. The number of benzene rings is 2. The van der Waals surface area contributed by atoms with Crippen LogP contribution >= 0.6 is 0 Å². The standard InChI is InChI=1S/C24H28FN3O/c1-17(2)28-10-11-29-21(16-28)12-18-4-7-24(27-8-3-9-27)22(13-18)19-5-6-20(15-26)23(25)14-19/h4-7,13-14,17,21H,3,8-12,16H2,1-2H3. The molecule has 2 aliphatic heterocycles. The molecule has 0 aromatic heterocycles. The van der Waals surface area contributed by atoms with Crippen molar-refractivity contribution in [3.63, 3.8) is 0 Å². The van der Waals surface area contributed by atoms with Gasteiger partial charge in [0.2, 0.25) is 0 Å². The summed E-state index contributed by atoms with van der Waals surface area (Å²) in [5.41, 5.74) is 4.27. The number of hydrogen-bond donors (Lipinski definition) is 0. The van der Waals surface area contributed by atoms with Crippen molar-refractivity contribution in [2.75, 3.05) is 37.7 Å². The molecule has 1 unspecified atom stereocenters. The zero-order valence-corrected chi connectivity index (χ0v) is 17.2. The lowest BCUT2D eigenvalue weighted by Crippen LogP contribution is -2.46. The van der Waals surface area contributed by atoms with Crippen LogP contribution in [-0.4, -0.2) is 49.8 Å². The van der Waals surface area contributed by atoms with Crippen LogP contribution in [0.15, 0.2) is 36.4 Å². The molecule has 4 nitrogen and oxygen atoms in total. The van der Waals surface area contributed by atoms with Gasteiger partial charge in [0.25, 0.3) is 0 Å². The van der Waals surface area contributed by atoms with E-state index in [1.807, 2.05) is 12.1 Å². The number of anilines is 1. The molecule has 2 aromatic rings. The first-order valence-electron chi connectivity index (χ1n) is 10.5. The molecule has 152 valence electrons. The molecule has 29 heavy (non-hydrogen) atoms. The molecule has 4 rings (SSSR count). The lowest BCUT2D eigenvalue weighted by Gasteiger charge is -2.36. The summed E-state index contributed by atoms with van der Waals surface area (Å²) in [6.07, 6.45) is 2.20. The summed E-state index contributed by atoms with van der Waals surface area (Å²) in [6.45, 7) is 9.19. The average Bonchev–Trinajstić information content (AvgIpc) is 2.68. The second kappa shape index (κ2) is 8.52. The van der Waals surface area contributed by atoms with Gasteiger partial charge in [0.1, 0.15) is 11.9 Å². The fourth-order valence-electron chi connectivity index (χ4n) is 4.15. The summed E-state index contributed by atoms with van der Waals surface area (Å²) >= 11 is 0. The Labute approximate surface area is 172 Å². The van der Waals surface area contributed by atoms with Crippen molar-refractivity contribution >= 4 is 5.69 Å². The van der Waals surface area contributed by atoms with Crippen LogP contribution in [-0.2, 0) is 11.2 Å². The SMILES string of the molecule is CC(C)N1CCOC(Cc2ccc(N3CCC3)c(-c3ccc(C#N)c(F)c3)c2)C1. The normalized spacial score (nSPS) is 19.8. The highest BCUT2D eigenvalue weighted by atomic mass is 19.1. The molecule has 2 aliphatic rings. The Bertz CT molecular complexity index is 917. The molecule has 0 radical (unpaired) electrons. The van der Waals surface area contributed by atoms with Crippen molar-refractivity contribution in [1.29, 1.82) is 5.26 Å². The van der Waals surface area contributed by atoms with Gasteiger partial charge in [-0.05, 0) is 62.1 Å². The molecular formula is C24H28FN3O. The summed E-state index contributed by atoms with van der Waals surface area (Å²) in [5, 5.41) is 9.04. The monoisotopic (exact) mass is 393 g/mol. The van der Waals surface area contributed by atoms with Gasteiger partial charge >= 0.3 is 0 Å². The Morgan fingerprint density at radius 3 is 2.66 bits per heavy atom. The van der Waals surface area contributed by atoms with E-state index in [0.717, 1.165) is 56.0 Å². The van der Waals surface area contributed by atoms with Crippen molar-refractivity contribution < 1.29 is 9.13 Å². The maximum absolute atomic E-state index is 14.3. The maximum atomic E-state index is 14.3. The minimum Gasteiger partial charge on any atom is -0.375 e. The molecule has 2 aromatic carbocycles. The quantitative estimate of drug-likeness (QED) is 0.762. The van der Waals surface area contributed by atoms with Crippen molar-refractivity contribution in [2.45, 2.75) is 38.8 Å². The molecule has 2 saturated heterocycles. The highest BCUT2D eigenvalue weighted by Crippen LogP contribution is 2.35. The Kier molecular flexibility index (Phi) is 5.84. The third-order valence-corrected chi connectivity index (χ3v) is 6.02. The highest BCUT2D eigenvalue weighted by Gasteiger charge is 2.24. The number of nitrogens with zero attached hydrogens (tertiary/aromatic N) is 3. The smallest absolute Gasteiger partial charge is 0.141 e. The Morgan fingerprint density at radius 1 is 1.17 bits per heavy atom. The molecule has 0 bridgehead atoms. The molecule has 0 amide bonds. The van der Waals surface area contributed by atoms with Gasteiger partial charge in [-0.15, -0.1) is 0 Å². The van der Waals surface area contributed by atoms with Gasteiger partial charge in [-0.3, -0.25) is 4.90 Å². The molecule has 2 fully saturated rings. The van der Waals surface area contributed by atoms with Gasteiger partial charge in [-0.1, -0.05) is 12.1 Å². The summed E-state index contributed by atoms with van der Waals surface area (Å²) in [4.78, 5) is 4.78. The van der Waals surface area contributed by atoms with Crippen LogP contribution in [0.5, 0.6) is 0 Å². The molecule has 0 N–H and O–H groups in total. The van der Waals surface area contributed by atoms with E-state index in [0.29, 0.717) is 6.04 Å². The van der Waals surface area contributed by atoms with E-state index in [2.05, 4.69) is 41.8 Å². The second-order valence-corrected chi connectivity index (χ2v) is 8.28. The first kappa shape index (κ1) is 19.9. The van der Waals surface area contributed by atoms with Crippen molar-refractivity contribution in [3.8, 4) is 17.2 Å². The van der Waals surface area contributed by atoms with Gasteiger partial charge in [-0.2, -0.15) is 5.26 Å². The highest BCUT2D eigenvalue weighted by molar-refractivity contribution is 5.80. The van der Waals surface area contributed by atoms with E-state index in [4.69, 9.17) is 10.00 Å². The van der Waals surface area contributed by atoms with Crippen LogP contribution in [0.1, 0.15) is 31.4 Å². The van der Waals surface area contributed by atoms with Crippen LogP contribution in [0, 0.1) is 17.1 Å². The van der Waals surface area contributed by atoms with Gasteiger partial charge in [0.05, 0.1) is 18.3 Å². The third-order valence-electron chi connectivity index (χ3n) is 6.02. The first-order chi connectivity index (χ1) is 14.0. The van der Waals surface area contributed by atoms with E-state index in [1.165, 1.54) is 18.1 Å². The maximum Gasteiger partial charge on any atom is 0.141 e. The predicted octanol–water partition coefficient (Wildman–Crippen LogP) is 4.23. The minimum absolute atomic E-state index is 0.0831. The third kappa shape index (κ3) is 4.29. The van der Waals surface area contributed by atoms with Crippen LogP contribution in [0.25, 0.3) is 11.1 Å². The minimum atomic E-state index is -0.465. The molecule has 2 heterocycles. The van der Waals surface area contributed by atoms with Gasteiger partial charge in [-0.25, -0.2) is 4.39 Å². The van der Waals surface area contributed by atoms with Crippen molar-refractivity contribution in [1.82, 2.24) is 4.90 Å². The first-order valence-corrected chi connectivity index (χ1v) is 10.5. The van der Waals surface area contributed by atoms with Crippen LogP contribution in [0.4, 0.5) is 10.1 Å². The summed E-state index contributed by atoms with van der Waals surface area (Å²) < 4.78 is 20.3. The summed E-state index contributed by atoms with van der Waals surface area (Å²) in [7, 11) is 0. The zero-order chi connectivity index (χ0) is 20.4. The molecule has 0 spiro atoms. The lowest BCUT2D eigenvalue weighted by atomic mass is 9.95. The fourth-order valence-corrected chi connectivity index (χ4v) is 4.15. The van der Waals surface area contributed by atoms with E-state index in [-0.39, 0.29) is 11.7 Å². The molecule has 5 heteroatoms. The molecule has 0 saturated carbocycles. The Hall–Kier alpha value is -2.42. The zero-order valence-electron chi connectivity index (χ0n) is 17.2. The van der Waals surface area contributed by atoms with E-state index >= 15 is 0 Å². The van der Waals surface area contributed by atoms with E-state index in [1.54, 1.807) is 6.07 Å². The van der Waals surface area contributed by atoms with Gasteiger partial charge < -0.3 is 9.64 Å². The Morgan fingerprint density at radius 2 is 2.00 bits per heavy atom. The van der Waals surface area contributed by atoms with Gasteiger partial charge in [0, 0.05) is 43.5 Å². The number of morpholine rings is 1. The molecular weight excluding hydrogens is 365 g/mol. The number of nitriles is 1. The molecule has 1 atom stereocenters. The summed E-state index contributed by atoms with van der Waals surface area (Å²) in [5.74, 6) is -0.465. The van der Waals surface area contributed by atoms with Crippen LogP contribution in [0.3, 0.4) is 0 Å². The number of hydrogen-bond acceptors (Lipinski definition) is 4. The van der Waals surface area contributed by atoms with Gasteiger partial charge in [0.15, 0.2) is 0 Å². The topological polar surface area (TPSA) is 39.5 Å². The number of halogens is 1. The summed E-state index contributed by atoms with van der Waals surface area (Å²) in [6, 6.07) is 13.8. The fraction of sp³-hybridized carbons (Fsp3) is 0.458. The van der Waals surface area contributed by atoms with E-state index < -0.39 is 5.82 Å². The van der Waals surface area contributed by atoms with Crippen LogP contribution < -0.4 is 4.90 Å². The molecule has 0 aliphatic carbocycles. The van der Waals surface area contributed by atoms with Crippen molar-refractivity contribution in [2.24, 2.45) is 0 Å². The lowest BCUT2D eigenvalue weighted by molar-refractivity contribution is -0.0377. The van der Waals surface area contributed by atoms with Crippen molar-refractivity contribution in [3.05, 3.63) is 53.3 Å².